The Morgan fingerprint density at radius 2 is 0.625 bits per heavy atom. The highest BCUT2D eigenvalue weighted by molar-refractivity contribution is 5.98. The number of nitrogens with zero attached hydrogens (tertiary/aromatic N) is 3. The molecule has 0 atom stereocenters. The lowest BCUT2D eigenvalue weighted by molar-refractivity contribution is 0.554. The number of para-hydroxylation sites is 7. The van der Waals surface area contributed by atoms with Crippen LogP contribution >= 0.6 is 0 Å². The molecule has 2 aliphatic rings. The maximum absolute atomic E-state index is 2.54. The molecule has 0 unspecified atom stereocenters. The van der Waals surface area contributed by atoms with Crippen LogP contribution in [0.15, 0.2) is 164 Å². The maximum atomic E-state index is 2.54. The number of benzene rings is 6. The molecule has 0 fully saturated rings. The summed E-state index contributed by atoms with van der Waals surface area (Å²) in [6.07, 6.45) is 0. The fraction of sp³-hybridized carbons (Fsp3) is 0.0270. The molecule has 0 amide bonds. The maximum Gasteiger partial charge on any atom is 0.179 e. The molecule has 0 saturated carbocycles. The highest BCUT2D eigenvalue weighted by Crippen LogP contribution is 2.64. The molecular formula is C37H27N3. The van der Waals surface area contributed by atoms with Crippen LogP contribution in [0.1, 0.15) is 11.1 Å². The molecule has 0 N–H and O–H groups in total. The summed E-state index contributed by atoms with van der Waals surface area (Å²) in [5, 5.41) is 0. The van der Waals surface area contributed by atoms with E-state index in [1.54, 1.807) is 0 Å². The van der Waals surface area contributed by atoms with Crippen LogP contribution < -0.4 is 14.7 Å². The molecule has 0 radical (unpaired) electrons. The fourth-order valence-corrected chi connectivity index (χ4v) is 6.64. The highest BCUT2D eigenvalue weighted by Gasteiger charge is 2.57. The summed E-state index contributed by atoms with van der Waals surface area (Å²) in [5.41, 5.74) is 9.89. The van der Waals surface area contributed by atoms with Crippen LogP contribution in [-0.4, -0.2) is 0 Å². The van der Waals surface area contributed by atoms with E-state index in [2.05, 4.69) is 178 Å². The van der Waals surface area contributed by atoms with Crippen LogP contribution in [0.2, 0.25) is 0 Å². The van der Waals surface area contributed by atoms with Crippen molar-refractivity contribution in [2.45, 2.75) is 5.66 Å². The molecule has 6 aromatic rings. The zero-order chi connectivity index (χ0) is 26.5. The first-order valence-electron chi connectivity index (χ1n) is 13.7. The van der Waals surface area contributed by atoms with Crippen molar-refractivity contribution in [1.29, 1.82) is 0 Å². The minimum Gasteiger partial charge on any atom is -0.310 e. The lowest BCUT2D eigenvalue weighted by Crippen LogP contribution is -2.54. The Morgan fingerprint density at radius 3 is 1.05 bits per heavy atom. The Kier molecular flexibility index (Phi) is 5.04. The Hall–Kier alpha value is -5.28. The first-order chi connectivity index (χ1) is 19.9. The molecule has 0 aliphatic carbocycles. The van der Waals surface area contributed by atoms with E-state index in [0.29, 0.717) is 0 Å². The van der Waals surface area contributed by atoms with E-state index in [9.17, 15) is 0 Å². The predicted molar refractivity (Wildman–Crippen MR) is 166 cm³/mol. The third-order valence-corrected chi connectivity index (χ3v) is 8.09. The molecule has 190 valence electrons. The van der Waals surface area contributed by atoms with Gasteiger partial charge in [0.25, 0.3) is 0 Å². The third kappa shape index (κ3) is 3.06. The van der Waals surface area contributed by atoms with Crippen LogP contribution in [0, 0.1) is 0 Å². The number of hydrogen-bond acceptors (Lipinski definition) is 3. The molecule has 6 aromatic carbocycles. The van der Waals surface area contributed by atoms with Gasteiger partial charge in [-0.1, -0.05) is 103 Å². The van der Waals surface area contributed by atoms with Gasteiger partial charge >= 0.3 is 0 Å². The average Bonchev–Trinajstić information content (AvgIpc) is 3.34. The summed E-state index contributed by atoms with van der Waals surface area (Å²) in [4.78, 5) is 7.48. The molecule has 3 nitrogen and oxygen atoms in total. The van der Waals surface area contributed by atoms with Crippen LogP contribution in [-0.2, 0) is 5.66 Å². The van der Waals surface area contributed by atoms with E-state index in [-0.39, 0.29) is 0 Å². The lowest BCUT2D eigenvalue weighted by atomic mass is 9.81. The normalized spacial score (nSPS) is 14.6. The van der Waals surface area contributed by atoms with Crippen LogP contribution in [0.5, 0.6) is 0 Å². The monoisotopic (exact) mass is 513 g/mol. The van der Waals surface area contributed by atoms with Gasteiger partial charge in [0.1, 0.15) is 0 Å². The van der Waals surface area contributed by atoms with Gasteiger partial charge in [-0.05, 0) is 60.7 Å². The zero-order valence-electron chi connectivity index (χ0n) is 21.9. The smallest absolute Gasteiger partial charge is 0.179 e. The van der Waals surface area contributed by atoms with Gasteiger partial charge in [0, 0.05) is 28.2 Å². The summed E-state index contributed by atoms with van der Waals surface area (Å²) in [5.74, 6) is 0. The molecular weight excluding hydrogens is 486 g/mol. The molecule has 8 rings (SSSR count). The minimum atomic E-state index is -0.676. The second kappa shape index (κ2) is 8.89. The van der Waals surface area contributed by atoms with Gasteiger partial charge in [-0.25, -0.2) is 0 Å². The summed E-state index contributed by atoms with van der Waals surface area (Å²) in [6, 6.07) is 58.9. The van der Waals surface area contributed by atoms with Gasteiger partial charge in [0.05, 0.1) is 22.7 Å². The van der Waals surface area contributed by atoms with E-state index >= 15 is 0 Å². The van der Waals surface area contributed by atoms with Crippen molar-refractivity contribution in [3.05, 3.63) is 175 Å². The molecule has 2 aliphatic heterocycles. The Morgan fingerprint density at radius 1 is 0.300 bits per heavy atom. The van der Waals surface area contributed by atoms with E-state index in [1.165, 1.54) is 33.9 Å². The van der Waals surface area contributed by atoms with E-state index in [1.807, 2.05) is 0 Å². The minimum absolute atomic E-state index is 0.676. The SMILES string of the molecule is c1ccc(N2c3ccccc3C3(c4ccccc42)N(c2ccccc2)c2ccccc2N3c2ccccc2)cc1. The van der Waals surface area contributed by atoms with Crippen molar-refractivity contribution in [2.24, 2.45) is 0 Å². The van der Waals surface area contributed by atoms with E-state index < -0.39 is 5.66 Å². The average molecular weight is 514 g/mol. The largest absolute Gasteiger partial charge is 0.310 e. The van der Waals surface area contributed by atoms with E-state index in [4.69, 9.17) is 0 Å². The molecule has 3 heteroatoms. The van der Waals surface area contributed by atoms with E-state index in [0.717, 1.165) is 17.1 Å². The topological polar surface area (TPSA) is 9.72 Å². The van der Waals surface area contributed by atoms with Gasteiger partial charge in [-0.2, -0.15) is 0 Å². The fourth-order valence-electron chi connectivity index (χ4n) is 6.64. The number of rotatable bonds is 3. The van der Waals surface area contributed by atoms with Gasteiger partial charge in [-0.3, -0.25) is 0 Å². The first kappa shape index (κ1) is 22.7. The van der Waals surface area contributed by atoms with Gasteiger partial charge in [0.15, 0.2) is 5.66 Å². The van der Waals surface area contributed by atoms with Crippen molar-refractivity contribution < 1.29 is 0 Å². The molecule has 40 heavy (non-hydrogen) atoms. The Balaban J connectivity index is 1.55. The summed E-state index contributed by atoms with van der Waals surface area (Å²) < 4.78 is 0. The molecule has 0 saturated heterocycles. The van der Waals surface area contributed by atoms with Crippen molar-refractivity contribution in [1.82, 2.24) is 0 Å². The van der Waals surface area contributed by atoms with Crippen LogP contribution in [0.4, 0.5) is 39.8 Å². The molecule has 0 aromatic heterocycles. The number of fused-ring (bicyclic) bond motifs is 5. The molecule has 0 bridgehead atoms. The van der Waals surface area contributed by atoms with Crippen molar-refractivity contribution >= 4 is 39.8 Å². The molecule has 1 spiro atoms. The van der Waals surface area contributed by atoms with Gasteiger partial charge in [-0.15, -0.1) is 0 Å². The predicted octanol–water partition coefficient (Wildman–Crippen LogP) is 9.66. The second-order valence-corrected chi connectivity index (χ2v) is 10.2. The van der Waals surface area contributed by atoms with Crippen LogP contribution in [0.25, 0.3) is 0 Å². The summed E-state index contributed by atoms with van der Waals surface area (Å²) in [6.45, 7) is 0. The van der Waals surface area contributed by atoms with Crippen molar-refractivity contribution in [3.8, 4) is 0 Å². The third-order valence-electron chi connectivity index (χ3n) is 8.09. The second-order valence-electron chi connectivity index (χ2n) is 10.2. The Labute approximate surface area is 234 Å². The number of anilines is 7. The number of hydrogen-bond donors (Lipinski definition) is 0. The highest BCUT2D eigenvalue weighted by atomic mass is 15.5. The summed E-state index contributed by atoms with van der Waals surface area (Å²) in [7, 11) is 0. The lowest BCUT2D eigenvalue weighted by Gasteiger charge is -2.52. The van der Waals surface area contributed by atoms with Gasteiger partial charge < -0.3 is 14.7 Å². The molecule has 2 heterocycles. The first-order valence-corrected chi connectivity index (χ1v) is 13.7. The van der Waals surface area contributed by atoms with Crippen molar-refractivity contribution in [3.63, 3.8) is 0 Å². The van der Waals surface area contributed by atoms with Gasteiger partial charge in [0.2, 0.25) is 0 Å². The standard InChI is InChI=1S/C37H27N3/c1-4-16-28(17-5-1)38-33-24-12-10-22-31(33)37(32-23-11-13-25-34(32)38)39(29-18-6-2-7-19-29)35-26-14-15-27-36(35)40(37)30-20-8-3-9-21-30/h1-27H. The van der Waals surface area contributed by atoms with Crippen LogP contribution in [0.3, 0.4) is 0 Å². The zero-order valence-corrected chi connectivity index (χ0v) is 21.9. The van der Waals surface area contributed by atoms with Crippen molar-refractivity contribution in [2.75, 3.05) is 14.7 Å². The Bertz CT molecular complexity index is 1700. The summed E-state index contributed by atoms with van der Waals surface area (Å²) >= 11 is 0. The quantitative estimate of drug-likeness (QED) is 0.233.